The average molecular weight is 477 g/mol. The quantitative estimate of drug-likeness (QED) is 0.244. The second-order valence-corrected chi connectivity index (χ2v) is 8.29. The summed E-state index contributed by atoms with van der Waals surface area (Å²) in [5, 5.41) is 0.247. The highest BCUT2D eigenvalue weighted by atomic mass is 32.2. The van der Waals surface area contributed by atoms with Crippen LogP contribution in [0.25, 0.3) is 27.6 Å². The fourth-order valence-corrected chi connectivity index (χ4v) is 4.23. The van der Waals surface area contributed by atoms with Gasteiger partial charge in [0.25, 0.3) is 5.56 Å². The fourth-order valence-electron chi connectivity index (χ4n) is 3.31. The highest BCUT2D eigenvalue weighted by molar-refractivity contribution is 8.00. The van der Waals surface area contributed by atoms with E-state index in [0.29, 0.717) is 11.0 Å². The molecule has 0 spiro atoms. The van der Waals surface area contributed by atoms with Crippen molar-refractivity contribution in [2.75, 3.05) is 6.61 Å². The number of esters is 1. The van der Waals surface area contributed by atoms with Crippen LogP contribution >= 0.6 is 11.8 Å². The van der Waals surface area contributed by atoms with Gasteiger partial charge >= 0.3 is 12.3 Å². The van der Waals surface area contributed by atoms with E-state index in [4.69, 9.17) is 4.74 Å². The fraction of sp³-hybridized carbons (Fsp3) is 0.227. The Morgan fingerprint density at radius 3 is 2.55 bits per heavy atom. The molecule has 7 nitrogen and oxygen atoms in total. The Labute approximate surface area is 189 Å². The van der Waals surface area contributed by atoms with E-state index in [0.717, 1.165) is 29.3 Å². The molecule has 1 atom stereocenters. The maximum atomic E-state index is 13.5. The predicted octanol–water partition coefficient (Wildman–Crippen LogP) is 4.81. The van der Waals surface area contributed by atoms with E-state index < -0.39 is 28.9 Å². The Bertz CT molecular complexity index is 1380. The Hall–Kier alpha value is -3.47. The topological polar surface area (TPSA) is 86.2 Å². The Morgan fingerprint density at radius 1 is 1.18 bits per heavy atom. The van der Waals surface area contributed by atoms with Crippen molar-refractivity contribution in [3.63, 3.8) is 0 Å². The Kier molecular flexibility index (Phi) is 6.07. The number of carbonyl (C=O) groups excluding carboxylic acids is 1. The van der Waals surface area contributed by atoms with Gasteiger partial charge in [0, 0.05) is 10.9 Å². The zero-order valence-corrected chi connectivity index (χ0v) is 18.3. The van der Waals surface area contributed by atoms with Crippen molar-refractivity contribution in [1.29, 1.82) is 0 Å². The molecule has 1 N–H and O–H groups in total. The summed E-state index contributed by atoms with van der Waals surface area (Å²) in [6, 6.07) is 12.1. The van der Waals surface area contributed by atoms with Gasteiger partial charge < -0.3 is 14.5 Å². The number of ether oxygens (including phenoxy) is 2. The van der Waals surface area contributed by atoms with E-state index in [-0.39, 0.29) is 23.0 Å². The minimum Gasteiger partial charge on any atom is -0.465 e. The Morgan fingerprint density at radius 2 is 1.88 bits per heavy atom. The number of aromatic amines is 1. The van der Waals surface area contributed by atoms with Gasteiger partial charge in [-0.15, -0.1) is 13.2 Å². The molecule has 2 heterocycles. The van der Waals surface area contributed by atoms with Crippen LogP contribution in [0.1, 0.15) is 13.8 Å². The molecule has 33 heavy (non-hydrogen) atoms. The maximum Gasteiger partial charge on any atom is 0.573 e. The molecule has 0 aliphatic carbocycles. The summed E-state index contributed by atoms with van der Waals surface area (Å²) in [5.41, 5.74) is 1.18. The monoisotopic (exact) mass is 477 g/mol. The van der Waals surface area contributed by atoms with E-state index in [1.807, 2.05) is 18.2 Å². The molecule has 0 radical (unpaired) electrons. The number of nitrogens with one attached hydrogen (secondary N) is 1. The first kappa shape index (κ1) is 22.7. The lowest BCUT2D eigenvalue weighted by Gasteiger charge is -2.15. The van der Waals surface area contributed by atoms with Crippen LogP contribution in [-0.4, -0.2) is 38.7 Å². The lowest BCUT2D eigenvalue weighted by atomic mass is 10.2. The number of carbonyl (C=O) groups is 1. The molecule has 1 unspecified atom stereocenters. The van der Waals surface area contributed by atoms with Crippen LogP contribution in [0, 0.1) is 0 Å². The van der Waals surface area contributed by atoms with Crippen LogP contribution in [0.5, 0.6) is 5.75 Å². The number of halogens is 3. The van der Waals surface area contributed by atoms with Crippen molar-refractivity contribution in [3.05, 3.63) is 58.9 Å². The zero-order chi connectivity index (χ0) is 23.8. The SMILES string of the molecule is CCOC(=O)C(C)Sc1nc2c([nH]c3ccccc32)c(=O)n1-c1ccc(OC(F)(F)F)cc1. The van der Waals surface area contributed by atoms with Crippen LogP contribution < -0.4 is 10.3 Å². The highest BCUT2D eigenvalue weighted by Gasteiger charge is 2.31. The van der Waals surface area contributed by atoms with Crippen LogP contribution in [0.2, 0.25) is 0 Å². The minimum atomic E-state index is -4.83. The normalized spacial score (nSPS) is 12.8. The number of aromatic nitrogens is 3. The van der Waals surface area contributed by atoms with Crippen LogP contribution in [0.15, 0.2) is 58.5 Å². The number of fused-ring (bicyclic) bond motifs is 3. The van der Waals surface area contributed by atoms with Crippen molar-refractivity contribution in [1.82, 2.24) is 14.5 Å². The van der Waals surface area contributed by atoms with Crippen LogP contribution in [-0.2, 0) is 9.53 Å². The minimum absolute atomic E-state index is 0.197. The highest BCUT2D eigenvalue weighted by Crippen LogP contribution is 2.30. The molecule has 11 heteroatoms. The summed E-state index contributed by atoms with van der Waals surface area (Å²) in [4.78, 5) is 33.4. The number of nitrogens with zero attached hydrogens (tertiary/aromatic N) is 2. The molecule has 172 valence electrons. The van der Waals surface area contributed by atoms with Gasteiger partial charge in [-0.3, -0.25) is 14.2 Å². The van der Waals surface area contributed by atoms with Gasteiger partial charge in [0.1, 0.15) is 22.0 Å². The molecule has 0 bridgehead atoms. The number of benzene rings is 2. The molecule has 0 saturated carbocycles. The van der Waals surface area contributed by atoms with Gasteiger partial charge in [0.05, 0.1) is 12.3 Å². The Balaban J connectivity index is 1.87. The molecular formula is C22H18F3N3O4S. The number of thioether (sulfide) groups is 1. The summed E-state index contributed by atoms with van der Waals surface area (Å²) in [5.74, 6) is -0.899. The molecule has 2 aromatic heterocycles. The van der Waals surface area contributed by atoms with Gasteiger partial charge in [0.15, 0.2) is 5.16 Å². The van der Waals surface area contributed by atoms with Gasteiger partial charge in [-0.25, -0.2) is 4.98 Å². The number of alkyl halides is 3. The number of para-hydroxylation sites is 1. The van der Waals surface area contributed by atoms with Gasteiger partial charge in [-0.05, 0) is 44.2 Å². The van der Waals surface area contributed by atoms with Crippen molar-refractivity contribution in [2.45, 2.75) is 30.6 Å². The third kappa shape index (κ3) is 4.68. The van der Waals surface area contributed by atoms with Crippen molar-refractivity contribution < 1.29 is 27.4 Å². The molecule has 4 rings (SSSR count). The molecule has 0 saturated heterocycles. The maximum absolute atomic E-state index is 13.5. The third-order valence-corrected chi connectivity index (χ3v) is 5.75. The molecule has 4 aromatic rings. The number of hydrogen-bond acceptors (Lipinski definition) is 6. The van der Waals surface area contributed by atoms with E-state index in [2.05, 4.69) is 14.7 Å². The summed E-state index contributed by atoms with van der Waals surface area (Å²) in [6.45, 7) is 3.51. The van der Waals surface area contributed by atoms with Crippen LogP contribution in [0.3, 0.4) is 0 Å². The summed E-state index contributed by atoms with van der Waals surface area (Å²) < 4.78 is 47.7. The third-order valence-electron chi connectivity index (χ3n) is 4.72. The largest absolute Gasteiger partial charge is 0.573 e. The van der Waals surface area contributed by atoms with E-state index in [1.54, 1.807) is 19.9 Å². The number of H-pyrrole nitrogens is 1. The summed E-state index contributed by atoms with van der Waals surface area (Å²) in [7, 11) is 0. The lowest BCUT2D eigenvalue weighted by molar-refractivity contribution is -0.274. The summed E-state index contributed by atoms with van der Waals surface area (Å²) in [6.07, 6.45) is -4.83. The second kappa shape index (κ2) is 8.81. The molecule has 0 fully saturated rings. The lowest BCUT2D eigenvalue weighted by Crippen LogP contribution is -2.24. The second-order valence-electron chi connectivity index (χ2n) is 6.98. The molecule has 0 aliphatic rings. The van der Waals surface area contributed by atoms with Crippen molar-refractivity contribution in [2.24, 2.45) is 0 Å². The smallest absolute Gasteiger partial charge is 0.465 e. The molecule has 0 amide bonds. The van der Waals surface area contributed by atoms with Gasteiger partial charge in [0.2, 0.25) is 0 Å². The van der Waals surface area contributed by atoms with E-state index in [9.17, 15) is 22.8 Å². The van der Waals surface area contributed by atoms with E-state index >= 15 is 0 Å². The van der Waals surface area contributed by atoms with Gasteiger partial charge in [-0.1, -0.05) is 30.0 Å². The standard InChI is InChI=1S/C22H18F3N3O4S/c1-3-31-20(30)12(2)33-21-27-17-15-6-4-5-7-16(15)26-18(17)19(29)28(21)13-8-10-14(11-9-13)32-22(23,24)25/h4-12,26H,3H2,1-2H3. The van der Waals surface area contributed by atoms with Gasteiger partial charge in [-0.2, -0.15) is 0 Å². The zero-order valence-electron chi connectivity index (χ0n) is 17.5. The first-order valence-corrected chi connectivity index (χ1v) is 10.8. The summed E-state index contributed by atoms with van der Waals surface area (Å²) >= 11 is 1.02. The number of rotatable bonds is 6. The van der Waals surface area contributed by atoms with Crippen molar-refractivity contribution in [3.8, 4) is 11.4 Å². The first-order chi connectivity index (χ1) is 15.7. The average Bonchev–Trinajstić information content (AvgIpc) is 3.13. The van der Waals surface area contributed by atoms with Crippen molar-refractivity contribution >= 4 is 39.7 Å². The molecular weight excluding hydrogens is 459 g/mol. The molecule has 0 aliphatic heterocycles. The predicted molar refractivity (Wildman–Crippen MR) is 118 cm³/mol. The molecule has 2 aromatic carbocycles. The van der Waals surface area contributed by atoms with E-state index in [1.165, 1.54) is 16.7 Å². The first-order valence-electron chi connectivity index (χ1n) is 9.91. The number of hydrogen-bond donors (Lipinski definition) is 1. The van der Waals surface area contributed by atoms with Crippen LogP contribution in [0.4, 0.5) is 13.2 Å².